The molecule has 0 atom stereocenters. The highest BCUT2D eigenvalue weighted by Gasteiger charge is 2.16. The molecule has 1 amide bonds. The van der Waals surface area contributed by atoms with E-state index in [1.54, 1.807) is 18.2 Å². The molecule has 1 N–H and O–H groups in total. The first-order valence-corrected chi connectivity index (χ1v) is 8.52. The first kappa shape index (κ1) is 17.7. The summed E-state index contributed by atoms with van der Waals surface area (Å²) < 4.78 is 16.6. The van der Waals surface area contributed by atoms with Gasteiger partial charge in [-0.05, 0) is 44.5 Å². The van der Waals surface area contributed by atoms with Crippen LogP contribution in [0.25, 0.3) is 11.5 Å². The van der Waals surface area contributed by atoms with Crippen LogP contribution in [0, 0.1) is 13.8 Å². The number of anilines is 1. The largest absolute Gasteiger partial charge is 0.494 e. The molecule has 1 aromatic carbocycles. The van der Waals surface area contributed by atoms with E-state index in [9.17, 15) is 4.79 Å². The molecule has 3 rings (SSSR count). The highest BCUT2D eigenvalue weighted by Crippen LogP contribution is 2.26. The van der Waals surface area contributed by atoms with Gasteiger partial charge in [-0.2, -0.15) is 0 Å². The predicted molar refractivity (Wildman–Crippen MR) is 96.3 cm³/mol. The van der Waals surface area contributed by atoms with Crippen molar-refractivity contribution in [2.24, 2.45) is 0 Å². The molecule has 2 heterocycles. The van der Waals surface area contributed by atoms with Gasteiger partial charge in [-0.25, -0.2) is 0 Å². The summed E-state index contributed by atoms with van der Waals surface area (Å²) in [5.74, 6) is 2.04. The number of hydrogen-bond donors (Lipinski definition) is 1. The fraction of sp³-hybridized carbons (Fsp3) is 0.316. The van der Waals surface area contributed by atoms with Crippen molar-refractivity contribution in [2.45, 2.75) is 33.6 Å². The maximum Gasteiger partial charge on any atom is 0.322 e. The van der Waals surface area contributed by atoms with E-state index in [-0.39, 0.29) is 11.9 Å². The molecule has 0 saturated carbocycles. The SMILES string of the molecule is CCCCOc1cccc(C(=O)Nc2nnc(-c3cc(C)oc3C)o2)c1. The summed E-state index contributed by atoms with van der Waals surface area (Å²) in [5, 5.41) is 10.4. The second-order valence-corrected chi connectivity index (χ2v) is 5.92. The summed E-state index contributed by atoms with van der Waals surface area (Å²) in [7, 11) is 0. The van der Waals surface area contributed by atoms with Gasteiger partial charge in [0.1, 0.15) is 17.3 Å². The molecule has 0 aliphatic carbocycles. The van der Waals surface area contributed by atoms with Crippen molar-refractivity contribution < 1.29 is 18.4 Å². The monoisotopic (exact) mass is 355 g/mol. The van der Waals surface area contributed by atoms with Gasteiger partial charge in [-0.3, -0.25) is 10.1 Å². The third-order valence-electron chi connectivity index (χ3n) is 3.78. The molecule has 3 aromatic rings. The number of benzene rings is 1. The van der Waals surface area contributed by atoms with Crippen LogP contribution >= 0.6 is 0 Å². The first-order valence-electron chi connectivity index (χ1n) is 8.52. The average Bonchev–Trinajstić information content (AvgIpc) is 3.21. The molecule has 7 nitrogen and oxygen atoms in total. The van der Waals surface area contributed by atoms with E-state index in [1.807, 2.05) is 26.0 Å². The minimum Gasteiger partial charge on any atom is -0.494 e. The Kier molecular flexibility index (Phi) is 5.36. The van der Waals surface area contributed by atoms with Crippen molar-refractivity contribution >= 4 is 11.9 Å². The molecular formula is C19H21N3O4. The van der Waals surface area contributed by atoms with E-state index >= 15 is 0 Å². The third-order valence-corrected chi connectivity index (χ3v) is 3.78. The van der Waals surface area contributed by atoms with Gasteiger partial charge in [0.2, 0.25) is 0 Å². The lowest BCUT2D eigenvalue weighted by molar-refractivity contribution is 0.102. The van der Waals surface area contributed by atoms with Crippen molar-refractivity contribution in [3.05, 3.63) is 47.4 Å². The Morgan fingerprint density at radius 2 is 2.04 bits per heavy atom. The molecule has 136 valence electrons. The summed E-state index contributed by atoms with van der Waals surface area (Å²) in [5.41, 5.74) is 1.16. The number of carbonyl (C=O) groups is 1. The van der Waals surface area contributed by atoms with Crippen molar-refractivity contribution in [2.75, 3.05) is 11.9 Å². The Labute approximate surface area is 151 Å². The Bertz CT molecular complexity index is 898. The predicted octanol–water partition coefficient (Wildman–Crippen LogP) is 4.38. The van der Waals surface area contributed by atoms with Crippen LogP contribution in [0.5, 0.6) is 5.75 Å². The maximum atomic E-state index is 12.4. The summed E-state index contributed by atoms with van der Waals surface area (Å²) in [6.45, 7) is 6.37. The molecule has 26 heavy (non-hydrogen) atoms. The number of aryl methyl sites for hydroxylation is 2. The van der Waals surface area contributed by atoms with Crippen LogP contribution in [0.15, 0.2) is 39.2 Å². The number of furan rings is 1. The molecule has 0 bridgehead atoms. The van der Waals surface area contributed by atoms with E-state index in [0.717, 1.165) is 18.6 Å². The van der Waals surface area contributed by atoms with Crippen LogP contribution in [-0.4, -0.2) is 22.7 Å². The van der Waals surface area contributed by atoms with Crippen LogP contribution in [-0.2, 0) is 0 Å². The number of carbonyl (C=O) groups excluding carboxylic acids is 1. The van der Waals surface area contributed by atoms with Crippen LogP contribution in [0.4, 0.5) is 6.01 Å². The lowest BCUT2D eigenvalue weighted by atomic mass is 10.2. The number of nitrogens with zero attached hydrogens (tertiary/aromatic N) is 2. The lowest BCUT2D eigenvalue weighted by Gasteiger charge is -2.07. The van der Waals surface area contributed by atoms with E-state index in [2.05, 4.69) is 22.4 Å². The maximum absolute atomic E-state index is 12.4. The molecule has 0 saturated heterocycles. The standard InChI is InChI=1S/C19H21N3O4/c1-4-5-9-24-15-8-6-7-14(11-15)17(23)20-19-22-21-18(26-19)16-10-12(2)25-13(16)3/h6-8,10-11H,4-5,9H2,1-3H3,(H,20,22,23). The topological polar surface area (TPSA) is 90.4 Å². The molecule has 0 spiro atoms. The molecule has 0 radical (unpaired) electrons. The zero-order chi connectivity index (χ0) is 18.5. The van der Waals surface area contributed by atoms with Crippen molar-refractivity contribution in [3.8, 4) is 17.2 Å². The number of rotatable bonds is 7. The Balaban J connectivity index is 1.69. The van der Waals surface area contributed by atoms with Crippen molar-refractivity contribution in [1.82, 2.24) is 10.2 Å². The molecule has 0 aliphatic rings. The Morgan fingerprint density at radius 1 is 1.19 bits per heavy atom. The molecule has 0 unspecified atom stereocenters. The normalized spacial score (nSPS) is 10.7. The molecule has 2 aromatic heterocycles. The highest BCUT2D eigenvalue weighted by molar-refractivity contribution is 6.03. The van der Waals surface area contributed by atoms with Gasteiger partial charge in [0.25, 0.3) is 11.8 Å². The molecular weight excluding hydrogens is 334 g/mol. The number of amides is 1. The molecule has 0 fully saturated rings. The quantitative estimate of drug-likeness (QED) is 0.633. The second-order valence-electron chi connectivity index (χ2n) is 5.92. The number of unbranched alkanes of at least 4 members (excludes halogenated alkanes) is 1. The van der Waals surface area contributed by atoms with Gasteiger partial charge in [0.05, 0.1) is 12.2 Å². The van der Waals surface area contributed by atoms with E-state index in [4.69, 9.17) is 13.6 Å². The Hall–Kier alpha value is -3.09. The fourth-order valence-electron chi connectivity index (χ4n) is 2.46. The number of aromatic nitrogens is 2. The second kappa shape index (κ2) is 7.86. The van der Waals surface area contributed by atoms with Crippen LogP contribution < -0.4 is 10.1 Å². The van der Waals surface area contributed by atoms with Crippen molar-refractivity contribution in [3.63, 3.8) is 0 Å². The highest BCUT2D eigenvalue weighted by atomic mass is 16.5. The van der Waals surface area contributed by atoms with Gasteiger partial charge in [0.15, 0.2) is 0 Å². The smallest absolute Gasteiger partial charge is 0.322 e. The average molecular weight is 355 g/mol. The first-order chi connectivity index (χ1) is 12.6. The Morgan fingerprint density at radius 3 is 2.77 bits per heavy atom. The van der Waals surface area contributed by atoms with E-state index in [1.165, 1.54) is 0 Å². The zero-order valence-corrected chi connectivity index (χ0v) is 15.0. The van der Waals surface area contributed by atoms with E-state index in [0.29, 0.717) is 35.1 Å². The summed E-state index contributed by atoms with van der Waals surface area (Å²) in [4.78, 5) is 12.4. The van der Waals surface area contributed by atoms with Gasteiger partial charge in [-0.15, -0.1) is 5.10 Å². The van der Waals surface area contributed by atoms with Crippen LogP contribution in [0.2, 0.25) is 0 Å². The third kappa shape index (κ3) is 4.11. The van der Waals surface area contributed by atoms with Crippen molar-refractivity contribution in [1.29, 1.82) is 0 Å². The van der Waals surface area contributed by atoms with Gasteiger partial charge < -0.3 is 13.6 Å². The molecule has 0 aliphatic heterocycles. The summed E-state index contributed by atoms with van der Waals surface area (Å²) in [6.07, 6.45) is 2.02. The molecule has 7 heteroatoms. The zero-order valence-electron chi connectivity index (χ0n) is 15.0. The fourth-order valence-corrected chi connectivity index (χ4v) is 2.46. The summed E-state index contributed by atoms with van der Waals surface area (Å²) >= 11 is 0. The van der Waals surface area contributed by atoms with Crippen LogP contribution in [0.3, 0.4) is 0 Å². The van der Waals surface area contributed by atoms with Crippen LogP contribution in [0.1, 0.15) is 41.6 Å². The van der Waals surface area contributed by atoms with Gasteiger partial charge in [-0.1, -0.05) is 24.5 Å². The number of nitrogens with one attached hydrogen (secondary N) is 1. The number of ether oxygens (including phenoxy) is 1. The minimum atomic E-state index is -0.346. The van der Waals surface area contributed by atoms with Gasteiger partial charge in [0, 0.05) is 5.56 Å². The summed E-state index contributed by atoms with van der Waals surface area (Å²) in [6, 6.07) is 8.81. The van der Waals surface area contributed by atoms with Gasteiger partial charge >= 0.3 is 6.01 Å². The van der Waals surface area contributed by atoms with E-state index < -0.39 is 0 Å². The number of hydrogen-bond acceptors (Lipinski definition) is 6. The lowest BCUT2D eigenvalue weighted by Crippen LogP contribution is -2.12. The minimum absolute atomic E-state index is 0.0283.